The Balaban J connectivity index is 2.35. The predicted molar refractivity (Wildman–Crippen MR) is 84.5 cm³/mol. The van der Waals surface area contributed by atoms with Gasteiger partial charge in [0.15, 0.2) is 0 Å². The highest BCUT2D eigenvalue weighted by molar-refractivity contribution is 6.32. The standard InChI is InChI=1S/C16H24ClNO3/c1-3-12(4-2)15(20)10-18-16(21)8-6-11-5-7-14(19)13(17)9-11/h5,7,9,12,15,19-20H,3-4,6,8,10H2,1-2H3,(H,18,21). The first-order chi connectivity index (χ1) is 9.97. The number of rotatable bonds is 8. The van der Waals surface area contributed by atoms with E-state index < -0.39 is 6.10 Å². The van der Waals surface area contributed by atoms with Crippen molar-refractivity contribution < 1.29 is 15.0 Å². The minimum absolute atomic E-state index is 0.0400. The maximum Gasteiger partial charge on any atom is 0.220 e. The highest BCUT2D eigenvalue weighted by atomic mass is 35.5. The molecule has 118 valence electrons. The smallest absolute Gasteiger partial charge is 0.220 e. The lowest BCUT2D eigenvalue weighted by molar-refractivity contribution is -0.121. The summed E-state index contributed by atoms with van der Waals surface area (Å²) in [6.45, 7) is 4.36. The van der Waals surface area contributed by atoms with Gasteiger partial charge in [-0.1, -0.05) is 44.4 Å². The molecule has 1 amide bonds. The average molecular weight is 314 g/mol. The molecule has 1 unspecified atom stereocenters. The third-order valence-electron chi connectivity index (χ3n) is 3.75. The second-order valence-corrected chi connectivity index (χ2v) is 5.64. The highest BCUT2D eigenvalue weighted by Gasteiger charge is 2.16. The summed E-state index contributed by atoms with van der Waals surface area (Å²) in [4.78, 5) is 11.8. The van der Waals surface area contributed by atoms with Crippen LogP contribution >= 0.6 is 11.6 Å². The molecule has 21 heavy (non-hydrogen) atoms. The van der Waals surface area contributed by atoms with Crippen LogP contribution in [0, 0.1) is 5.92 Å². The second kappa shape index (κ2) is 8.90. The fraction of sp³-hybridized carbons (Fsp3) is 0.562. The van der Waals surface area contributed by atoms with Crippen molar-refractivity contribution in [1.82, 2.24) is 5.32 Å². The number of aliphatic hydroxyl groups is 1. The SMILES string of the molecule is CCC(CC)C(O)CNC(=O)CCc1ccc(O)c(Cl)c1. The third-order valence-corrected chi connectivity index (χ3v) is 4.06. The summed E-state index contributed by atoms with van der Waals surface area (Å²) < 4.78 is 0. The molecule has 1 atom stereocenters. The number of carbonyl (C=O) groups is 1. The lowest BCUT2D eigenvalue weighted by Gasteiger charge is -2.20. The normalized spacial score (nSPS) is 12.4. The molecule has 0 saturated heterocycles. The van der Waals surface area contributed by atoms with Crippen molar-refractivity contribution in [2.75, 3.05) is 6.54 Å². The highest BCUT2D eigenvalue weighted by Crippen LogP contribution is 2.24. The summed E-state index contributed by atoms with van der Waals surface area (Å²) in [5.74, 6) is 0.170. The molecule has 1 aromatic rings. The quantitative estimate of drug-likeness (QED) is 0.691. The van der Waals surface area contributed by atoms with Gasteiger partial charge in [-0.05, 0) is 30.0 Å². The largest absolute Gasteiger partial charge is 0.506 e. The fourth-order valence-corrected chi connectivity index (χ4v) is 2.47. The maximum absolute atomic E-state index is 11.8. The monoisotopic (exact) mass is 313 g/mol. The molecule has 0 aliphatic heterocycles. The molecule has 1 rings (SSSR count). The van der Waals surface area contributed by atoms with E-state index in [1.807, 2.05) is 13.8 Å². The number of phenols is 1. The molecule has 0 aliphatic rings. The van der Waals surface area contributed by atoms with Crippen LogP contribution in [0.5, 0.6) is 5.75 Å². The molecule has 5 heteroatoms. The first-order valence-corrected chi connectivity index (χ1v) is 7.77. The van der Waals surface area contributed by atoms with E-state index in [-0.39, 0.29) is 22.6 Å². The number of hydrogen-bond acceptors (Lipinski definition) is 3. The van der Waals surface area contributed by atoms with Crippen LogP contribution in [-0.4, -0.2) is 28.8 Å². The van der Waals surface area contributed by atoms with E-state index in [9.17, 15) is 15.0 Å². The van der Waals surface area contributed by atoms with Gasteiger partial charge in [-0.2, -0.15) is 0 Å². The number of hydrogen-bond donors (Lipinski definition) is 3. The van der Waals surface area contributed by atoms with E-state index in [1.54, 1.807) is 12.1 Å². The number of benzene rings is 1. The second-order valence-electron chi connectivity index (χ2n) is 5.23. The Morgan fingerprint density at radius 3 is 2.57 bits per heavy atom. The number of aliphatic hydroxyl groups excluding tert-OH is 1. The zero-order valence-corrected chi connectivity index (χ0v) is 13.4. The summed E-state index contributed by atoms with van der Waals surface area (Å²) in [5, 5.41) is 22.3. The van der Waals surface area contributed by atoms with Crippen molar-refractivity contribution in [3.8, 4) is 5.75 Å². The van der Waals surface area contributed by atoms with Gasteiger partial charge in [0.25, 0.3) is 0 Å². The lowest BCUT2D eigenvalue weighted by atomic mass is 9.96. The number of aromatic hydroxyl groups is 1. The summed E-state index contributed by atoms with van der Waals surface area (Å²) in [6, 6.07) is 4.92. The molecule has 0 radical (unpaired) electrons. The van der Waals surface area contributed by atoms with E-state index in [4.69, 9.17) is 11.6 Å². The molecule has 4 nitrogen and oxygen atoms in total. The zero-order valence-electron chi connectivity index (χ0n) is 12.6. The molecule has 0 aromatic heterocycles. The van der Waals surface area contributed by atoms with Crippen molar-refractivity contribution >= 4 is 17.5 Å². The molecule has 0 heterocycles. The van der Waals surface area contributed by atoms with E-state index in [0.717, 1.165) is 18.4 Å². The number of carbonyl (C=O) groups excluding carboxylic acids is 1. The molecule has 0 spiro atoms. The van der Waals surface area contributed by atoms with E-state index in [2.05, 4.69) is 5.32 Å². The topological polar surface area (TPSA) is 69.6 Å². The Kier molecular flexibility index (Phi) is 7.54. The van der Waals surface area contributed by atoms with Gasteiger partial charge < -0.3 is 15.5 Å². The number of amides is 1. The molecule has 0 aliphatic carbocycles. The van der Waals surface area contributed by atoms with Crippen molar-refractivity contribution in [3.05, 3.63) is 28.8 Å². The van der Waals surface area contributed by atoms with E-state index in [0.29, 0.717) is 19.4 Å². The van der Waals surface area contributed by atoms with Crippen molar-refractivity contribution in [2.45, 2.75) is 45.6 Å². The van der Waals surface area contributed by atoms with E-state index in [1.165, 1.54) is 6.07 Å². The van der Waals surface area contributed by atoms with Crippen molar-refractivity contribution in [3.63, 3.8) is 0 Å². The van der Waals surface area contributed by atoms with Gasteiger partial charge >= 0.3 is 0 Å². The predicted octanol–water partition coefficient (Wildman–Crippen LogP) is 2.89. The van der Waals surface area contributed by atoms with Crippen LogP contribution in [0.3, 0.4) is 0 Å². The van der Waals surface area contributed by atoms with Gasteiger partial charge in [-0.3, -0.25) is 4.79 Å². The van der Waals surface area contributed by atoms with Crippen LogP contribution in [-0.2, 0) is 11.2 Å². The number of halogens is 1. The number of nitrogens with one attached hydrogen (secondary N) is 1. The van der Waals surface area contributed by atoms with Crippen LogP contribution in [0.1, 0.15) is 38.7 Å². The van der Waals surface area contributed by atoms with Crippen LogP contribution in [0.4, 0.5) is 0 Å². The van der Waals surface area contributed by atoms with Crippen molar-refractivity contribution in [2.24, 2.45) is 5.92 Å². The lowest BCUT2D eigenvalue weighted by Crippen LogP contribution is -2.36. The summed E-state index contributed by atoms with van der Waals surface area (Å²) in [7, 11) is 0. The summed E-state index contributed by atoms with van der Waals surface area (Å²) in [5.41, 5.74) is 0.897. The summed E-state index contributed by atoms with van der Waals surface area (Å²) >= 11 is 5.82. The molecular weight excluding hydrogens is 290 g/mol. The van der Waals surface area contributed by atoms with Gasteiger partial charge in [-0.15, -0.1) is 0 Å². The van der Waals surface area contributed by atoms with Gasteiger partial charge in [0, 0.05) is 13.0 Å². The minimum Gasteiger partial charge on any atom is -0.506 e. The molecule has 3 N–H and O–H groups in total. The van der Waals surface area contributed by atoms with Gasteiger partial charge in [-0.25, -0.2) is 0 Å². The van der Waals surface area contributed by atoms with Crippen LogP contribution in [0.25, 0.3) is 0 Å². The minimum atomic E-state index is -0.493. The zero-order chi connectivity index (χ0) is 15.8. The van der Waals surface area contributed by atoms with E-state index >= 15 is 0 Å². The maximum atomic E-state index is 11.8. The Bertz CT molecular complexity index is 461. The Hall–Kier alpha value is -1.26. The fourth-order valence-electron chi connectivity index (χ4n) is 2.27. The Morgan fingerprint density at radius 1 is 1.33 bits per heavy atom. The van der Waals surface area contributed by atoms with Gasteiger partial charge in [0.1, 0.15) is 5.75 Å². The molecule has 0 saturated carbocycles. The Morgan fingerprint density at radius 2 is 2.00 bits per heavy atom. The molecule has 0 bridgehead atoms. The average Bonchev–Trinajstić information content (AvgIpc) is 2.47. The van der Waals surface area contributed by atoms with Gasteiger partial charge in [0.2, 0.25) is 5.91 Å². The molecule has 1 aromatic carbocycles. The first-order valence-electron chi connectivity index (χ1n) is 7.40. The molecule has 0 fully saturated rings. The third kappa shape index (κ3) is 5.94. The summed E-state index contributed by atoms with van der Waals surface area (Å²) in [6.07, 6.45) is 2.19. The van der Waals surface area contributed by atoms with Gasteiger partial charge in [0.05, 0.1) is 11.1 Å². The molecular formula is C16H24ClNO3. The number of aryl methyl sites for hydroxylation is 1. The Labute approximate surface area is 131 Å². The van der Waals surface area contributed by atoms with Crippen LogP contribution in [0.2, 0.25) is 5.02 Å². The first kappa shape index (κ1) is 17.8. The van der Waals surface area contributed by atoms with Crippen LogP contribution < -0.4 is 5.32 Å². The van der Waals surface area contributed by atoms with Crippen LogP contribution in [0.15, 0.2) is 18.2 Å². The number of phenolic OH excluding ortho intramolecular Hbond substituents is 1. The van der Waals surface area contributed by atoms with Crippen molar-refractivity contribution in [1.29, 1.82) is 0 Å².